The highest BCUT2D eigenvalue weighted by molar-refractivity contribution is 5.90. The summed E-state index contributed by atoms with van der Waals surface area (Å²) >= 11 is 0. The largest absolute Gasteiger partial charge is 0.512 e. The van der Waals surface area contributed by atoms with Crippen molar-refractivity contribution in [1.29, 1.82) is 0 Å². The molecule has 1 unspecified atom stereocenters. The van der Waals surface area contributed by atoms with Crippen LogP contribution in [0.15, 0.2) is 63.5 Å². The van der Waals surface area contributed by atoms with Crippen molar-refractivity contribution in [3.8, 4) is 11.8 Å². The zero-order valence-corrected chi connectivity index (χ0v) is 36.2. The Bertz CT molecular complexity index is 2210. The van der Waals surface area contributed by atoms with E-state index in [9.17, 15) is 34.5 Å². The maximum Gasteiger partial charge on any atom is 0.359 e. The number of hydrogen-bond acceptors (Lipinski definition) is 11. The summed E-state index contributed by atoms with van der Waals surface area (Å²) in [7, 11) is 3.42. The highest BCUT2D eigenvalue weighted by Gasteiger charge is 2.37. The zero-order chi connectivity index (χ0) is 44.5. The van der Waals surface area contributed by atoms with Gasteiger partial charge in [0.2, 0.25) is 17.7 Å². The van der Waals surface area contributed by atoms with Crippen molar-refractivity contribution in [1.82, 2.24) is 20.4 Å². The molecule has 0 bridgehead atoms. The Morgan fingerprint density at radius 1 is 1.07 bits per heavy atom. The first-order valence-corrected chi connectivity index (χ1v) is 20.9. The van der Waals surface area contributed by atoms with Crippen molar-refractivity contribution >= 4 is 29.5 Å². The molecule has 0 radical (unpaired) electrons. The molecule has 0 spiro atoms. The lowest BCUT2D eigenvalue weighted by Gasteiger charge is -2.31. The molecule has 1 aliphatic carbocycles. The molecule has 1 saturated heterocycles. The lowest BCUT2D eigenvalue weighted by atomic mass is 9.72. The number of hydrogen-bond donors (Lipinski definition) is 6. The molecule has 3 aromatic rings. The number of fused-ring (bicyclic) bond motifs is 1. The van der Waals surface area contributed by atoms with E-state index in [2.05, 4.69) is 59.7 Å². The Hall–Kier alpha value is -5.46. The molecule has 1 aromatic heterocycles. The number of nitrogens with one attached hydrogen (secondary N) is 2. The topological polar surface area (TPSA) is 208 Å². The van der Waals surface area contributed by atoms with Gasteiger partial charge in [-0.15, -0.1) is 0 Å². The summed E-state index contributed by atoms with van der Waals surface area (Å²) in [5.74, 6) is 5.81. The van der Waals surface area contributed by atoms with Crippen LogP contribution in [0, 0.1) is 18.8 Å². The average molecular weight is 840 g/mol. The predicted molar refractivity (Wildman–Crippen MR) is 233 cm³/mol. The van der Waals surface area contributed by atoms with Crippen molar-refractivity contribution in [3.05, 3.63) is 104 Å². The minimum atomic E-state index is -1.14. The minimum absolute atomic E-state index is 0.0394. The van der Waals surface area contributed by atoms with Gasteiger partial charge in [-0.05, 0) is 87.4 Å². The molecule has 4 atom stereocenters. The highest BCUT2D eigenvalue weighted by atomic mass is 16.5. The lowest BCUT2D eigenvalue weighted by molar-refractivity contribution is -0.132. The Morgan fingerprint density at radius 2 is 1.79 bits per heavy atom. The molecule has 61 heavy (non-hydrogen) atoms. The fourth-order valence-corrected chi connectivity index (χ4v) is 7.67. The Morgan fingerprint density at radius 3 is 2.49 bits per heavy atom. The average Bonchev–Trinajstić information content (AvgIpc) is 3.19. The third kappa shape index (κ3) is 12.3. The van der Waals surface area contributed by atoms with Crippen LogP contribution in [0.25, 0.3) is 6.08 Å². The number of rotatable bonds is 16. The maximum atomic E-state index is 13.0. The van der Waals surface area contributed by atoms with Crippen LogP contribution in [-0.4, -0.2) is 107 Å². The van der Waals surface area contributed by atoms with Crippen LogP contribution in [0.5, 0.6) is 0 Å². The first-order valence-electron chi connectivity index (χ1n) is 20.9. The van der Waals surface area contributed by atoms with Gasteiger partial charge in [0.15, 0.2) is 0 Å². The van der Waals surface area contributed by atoms with Gasteiger partial charge in [0, 0.05) is 51.0 Å². The van der Waals surface area contributed by atoms with E-state index in [1.807, 2.05) is 19.1 Å². The number of nitrogens with zero attached hydrogens (tertiary/aromatic N) is 2. The summed E-state index contributed by atoms with van der Waals surface area (Å²) in [5.41, 5.74) is 9.20. The maximum absolute atomic E-state index is 13.0. The Kier molecular flexibility index (Phi) is 15.6. The number of aliphatic hydroxyl groups is 3. The van der Waals surface area contributed by atoms with E-state index < -0.39 is 34.9 Å². The van der Waals surface area contributed by atoms with E-state index in [0.29, 0.717) is 37.8 Å². The van der Waals surface area contributed by atoms with Gasteiger partial charge in [-0.3, -0.25) is 19.3 Å². The molecule has 14 heteroatoms. The monoisotopic (exact) mass is 839 g/mol. The molecular formula is C47H61N5O9. The lowest BCUT2D eigenvalue weighted by Crippen LogP contribution is -2.55. The molecule has 7 N–H and O–H groups in total. The molecule has 328 valence electrons. The van der Waals surface area contributed by atoms with Crippen LogP contribution >= 0.6 is 0 Å². The highest BCUT2D eigenvalue weighted by Crippen LogP contribution is 2.40. The van der Waals surface area contributed by atoms with Gasteiger partial charge in [0.25, 0.3) is 0 Å². The number of anilines is 1. The second-order valence-corrected chi connectivity index (χ2v) is 17.0. The van der Waals surface area contributed by atoms with E-state index in [1.54, 1.807) is 38.9 Å². The molecule has 5 rings (SSSR count). The molecule has 1 fully saturated rings. The minimum Gasteiger partial charge on any atom is -0.512 e. The molecular weight excluding hydrogens is 779 g/mol. The fourth-order valence-electron chi connectivity index (χ4n) is 7.67. The van der Waals surface area contributed by atoms with Gasteiger partial charge in [-0.25, -0.2) is 4.79 Å². The quantitative estimate of drug-likeness (QED) is 0.115. The van der Waals surface area contributed by atoms with Crippen molar-refractivity contribution in [2.75, 3.05) is 52.6 Å². The summed E-state index contributed by atoms with van der Waals surface area (Å²) in [6.07, 6.45) is 2.87. The molecule has 1 aliphatic heterocycles. The number of likely N-dealkylation sites (N-methyl/N-ethyl adjacent to an activating group) is 2. The van der Waals surface area contributed by atoms with Crippen LogP contribution in [0.1, 0.15) is 98.1 Å². The number of nitrogens with two attached hydrogens (primary N) is 1. The molecule has 2 heterocycles. The van der Waals surface area contributed by atoms with E-state index in [0.717, 1.165) is 34.2 Å². The van der Waals surface area contributed by atoms with Gasteiger partial charge in [-0.2, -0.15) is 0 Å². The van der Waals surface area contributed by atoms with Crippen LogP contribution in [-0.2, 0) is 37.4 Å². The first kappa shape index (κ1) is 46.6. The van der Waals surface area contributed by atoms with Crippen LogP contribution in [0.4, 0.5) is 5.69 Å². The summed E-state index contributed by atoms with van der Waals surface area (Å²) < 4.78 is 11.0. The van der Waals surface area contributed by atoms with Crippen LogP contribution < -0.4 is 22.0 Å². The van der Waals surface area contributed by atoms with Gasteiger partial charge >= 0.3 is 5.63 Å². The van der Waals surface area contributed by atoms with Gasteiger partial charge in [0.1, 0.15) is 23.1 Å². The number of nitrogen functional groups attached to an aromatic ring is 1. The third-order valence-electron chi connectivity index (χ3n) is 11.5. The second-order valence-electron chi connectivity index (χ2n) is 17.0. The summed E-state index contributed by atoms with van der Waals surface area (Å²) in [6, 6.07) is 15.9. The smallest absolute Gasteiger partial charge is 0.359 e. The third-order valence-corrected chi connectivity index (χ3v) is 11.5. The number of amides is 3. The van der Waals surface area contributed by atoms with E-state index in [4.69, 9.17) is 14.9 Å². The standard InChI is InChI=1S/C47H61N5O9/c1-7-47(27-35(53)25-40-37(47)26-38(48)44(58)61-40)18-9-20-52(6)42(57)28-51(5)21-19-49-45(59)46(3,4)50-41(56)11-8-10-31-13-15-32(16-14-31)22-34-23-33(17-12-30(34)2)43-39(55)24-36(54)29-60-43/h12-17,23,25-26,36,39,43,53-55H,7-8,10-11,19-22,24,27-29,48H2,1-6H3,(H,49,59)(H,50,56)/t36-,39+,43-,47?/m0/s1. The zero-order valence-electron chi connectivity index (χ0n) is 36.2. The number of carbonyl (C=O) groups is 3. The molecule has 2 aliphatic rings. The Labute approximate surface area is 358 Å². The Balaban J connectivity index is 1.00. The van der Waals surface area contributed by atoms with Gasteiger partial charge in [0.05, 0.1) is 43.1 Å². The normalized spacial score (nSPS) is 19.9. The van der Waals surface area contributed by atoms with Crippen LogP contribution in [0.2, 0.25) is 0 Å². The number of allylic oxidation sites excluding steroid dienone is 1. The number of aliphatic hydroxyl groups excluding tert-OH is 3. The number of ether oxygens (including phenoxy) is 1. The number of aryl methyl sites for hydroxylation is 2. The SMILES string of the molecule is CCC1(C#CCN(C)C(=O)CN(C)CCNC(=O)C(C)(C)NC(=O)CCCc2ccc(Cc3cc([C@@H]4OC[C@@H](O)C[C@H]4O)ccc3C)cc2)CC(O)=Cc2oc(=O)c(N)cc21. The van der Waals surface area contributed by atoms with E-state index >= 15 is 0 Å². The summed E-state index contributed by atoms with van der Waals surface area (Å²) in [6.45, 7) is 8.38. The van der Waals surface area contributed by atoms with Gasteiger partial charge < -0.3 is 45.7 Å². The van der Waals surface area contributed by atoms with Crippen molar-refractivity contribution in [3.63, 3.8) is 0 Å². The van der Waals surface area contributed by atoms with E-state index in [-0.39, 0.29) is 74.0 Å². The van der Waals surface area contributed by atoms with Crippen molar-refractivity contribution in [2.45, 2.75) is 102 Å². The van der Waals surface area contributed by atoms with Crippen molar-refractivity contribution < 1.29 is 38.9 Å². The fraction of sp³-hybridized carbons (Fsp3) is 0.489. The second kappa shape index (κ2) is 20.4. The summed E-state index contributed by atoms with van der Waals surface area (Å²) in [5, 5.41) is 36.4. The molecule has 2 aromatic carbocycles. The van der Waals surface area contributed by atoms with Crippen LogP contribution in [0.3, 0.4) is 0 Å². The first-order chi connectivity index (χ1) is 28.9. The number of carbonyl (C=O) groups excluding carboxylic acids is 3. The van der Waals surface area contributed by atoms with Gasteiger partial charge in [-0.1, -0.05) is 61.2 Å². The summed E-state index contributed by atoms with van der Waals surface area (Å²) in [4.78, 5) is 54.1. The molecule has 14 nitrogen and oxygen atoms in total. The van der Waals surface area contributed by atoms with E-state index in [1.165, 1.54) is 11.0 Å². The molecule has 0 saturated carbocycles. The predicted octanol–water partition coefficient (Wildman–Crippen LogP) is 3.68. The molecule has 3 amide bonds. The van der Waals surface area contributed by atoms with Crippen molar-refractivity contribution in [2.24, 2.45) is 0 Å². The number of benzene rings is 2.